The third-order valence-corrected chi connectivity index (χ3v) is 3.62. The Morgan fingerprint density at radius 3 is 2.58 bits per heavy atom. The predicted molar refractivity (Wildman–Crippen MR) is 99.2 cm³/mol. The molecule has 0 saturated carbocycles. The molecule has 0 unspecified atom stereocenters. The fraction of sp³-hybridized carbons (Fsp3) is 0.368. The van der Waals surface area contributed by atoms with Gasteiger partial charge < -0.3 is 15.2 Å². The molecule has 2 aromatic rings. The molecule has 0 aliphatic rings. The monoisotopic (exact) mass is 326 g/mol. The lowest BCUT2D eigenvalue weighted by atomic mass is 10.2. The minimum Gasteiger partial charge on any atom is -0.357 e. The minimum absolute atomic E-state index is 0.0585. The van der Waals surface area contributed by atoms with Crippen molar-refractivity contribution in [3.8, 4) is 0 Å². The maximum atomic E-state index is 11.6. The predicted octanol–water partition coefficient (Wildman–Crippen LogP) is 2.38. The molecular weight excluding hydrogens is 300 g/mol. The van der Waals surface area contributed by atoms with E-state index in [9.17, 15) is 4.79 Å². The topological polar surface area (TPSA) is 58.4 Å². The molecule has 0 aliphatic carbocycles. The molecule has 5 nitrogen and oxygen atoms in total. The number of nitrogens with zero attached hydrogens (tertiary/aromatic N) is 2. The van der Waals surface area contributed by atoms with Crippen LogP contribution in [0.5, 0.6) is 0 Å². The highest BCUT2D eigenvalue weighted by Gasteiger charge is 1.98. The van der Waals surface area contributed by atoms with E-state index in [2.05, 4.69) is 34.7 Å². The Morgan fingerprint density at radius 1 is 1.04 bits per heavy atom. The van der Waals surface area contributed by atoms with Crippen LogP contribution in [0.25, 0.3) is 0 Å². The molecule has 24 heavy (non-hydrogen) atoms. The van der Waals surface area contributed by atoms with Crippen LogP contribution in [0.3, 0.4) is 0 Å². The van der Waals surface area contributed by atoms with Crippen molar-refractivity contribution in [1.29, 1.82) is 0 Å². The van der Waals surface area contributed by atoms with Gasteiger partial charge in [0, 0.05) is 31.9 Å². The van der Waals surface area contributed by atoms with Gasteiger partial charge in [-0.1, -0.05) is 36.4 Å². The number of benzene rings is 1. The fourth-order valence-corrected chi connectivity index (χ4v) is 2.35. The summed E-state index contributed by atoms with van der Waals surface area (Å²) in [6.45, 7) is 5.14. The number of unbranched alkanes of at least 4 members (excludes halogenated alkanes) is 1. The maximum absolute atomic E-state index is 11.6. The molecule has 128 valence electrons. The van der Waals surface area contributed by atoms with Gasteiger partial charge >= 0.3 is 0 Å². The lowest BCUT2D eigenvalue weighted by molar-refractivity contribution is 0.585. The maximum Gasteiger partial charge on any atom is 0.250 e. The summed E-state index contributed by atoms with van der Waals surface area (Å²) in [5.74, 6) is 0.832. The van der Waals surface area contributed by atoms with Crippen LogP contribution in [0.2, 0.25) is 0 Å². The molecule has 0 spiro atoms. The van der Waals surface area contributed by atoms with E-state index in [4.69, 9.17) is 0 Å². The highest BCUT2D eigenvalue weighted by molar-refractivity contribution is 5.79. The van der Waals surface area contributed by atoms with Gasteiger partial charge in [0.15, 0.2) is 5.96 Å². The van der Waals surface area contributed by atoms with E-state index in [-0.39, 0.29) is 5.56 Å². The summed E-state index contributed by atoms with van der Waals surface area (Å²) in [6.07, 6.45) is 3.77. The molecule has 0 radical (unpaired) electrons. The highest BCUT2D eigenvalue weighted by atomic mass is 16.1. The van der Waals surface area contributed by atoms with E-state index in [1.54, 1.807) is 16.7 Å². The SMILES string of the molecule is CCNC(=NCc1ccccc1)NCCCCn1ccccc1=O. The van der Waals surface area contributed by atoms with Crippen molar-refractivity contribution in [2.75, 3.05) is 13.1 Å². The Kier molecular flexibility index (Phi) is 7.60. The zero-order chi connectivity index (χ0) is 17.0. The quantitative estimate of drug-likeness (QED) is 0.445. The van der Waals surface area contributed by atoms with Gasteiger partial charge in [-0.25, -0.2) is 4.99 Å². The second-order valence-corrected chi connectivity index (χ2v) is 5.55. The first-order chi connectivity index (χ1) is 11.8. The first-order valence-corrected chi connectivity index (χ1v) is 8.51. The summed E-state index contributed by atoms with van der Waals surface area (Å²) in [5, 5.41) is 6.60. The third-order valence-electron chi connectivity index (χ3n) is 3.62. The average Bonchev–Trinajstić information content (AvgIpc) is 2.61. The average molecular weight is 326 g/mol. The van der Waals surface area contributed by atoms with Crippen molar-refractivity contribution in [2.45, 2.75) is 32.9 Å². The van der Waals surface area contributed by atoms with Crippen LogP contribution in [-0.2, 0) is 13.1 Å². The van der Waals surface area contributed by atoms with Crippen LogP contribution < -0.4 is 16.2 Å². The van der Waals surface area contributed by atoms with Crippen LogP contribution in [0.1, 0.15) is 25.3 Å². The van der Waals surface area contributed by atoms with Crippen LogP contribution in [0.15, 0.2) is 64.5 Å². The number of guanidine groups is 1. The summed E-state index contributed by atoms with van der Waals surface area (Å²) in [7, 11) is 0. The van der Waals surface area contributed by atoms with Crippen molar-refractivity contribution in [1.82, 2.24) is 15.2 Å². The highest BCUT2D eigenvalue weighted by Crippen LogP contribution is 2.00. The number of pyridine rings is 1. The standard InChI is InChI=1S/C19H26N4O/c1-2-20-19(22-16-17-10-4-3-5-11-17)21-13-7-9-15-23-14-8-6-12-18(23)24/h3-6,8,10-12,14H,2,7,9,13,15-16H2,1H3,(H2,20,21,22). The molecule has 1 aromatic heterocycles. The summed E-state index contributed by atoms with van der Waals surface area (Å²) >= 11 is 0. The van der Waals surface area contributed by atoms with Gasteiger partial charge in [0.2, 0.25) is 5.56 Å². The van der Waals surface area contributed by atoms with Gasteiger partial charge in [-0.15, -0.1) is 0 Å². The summed E-state index contributed by atoms with van der Waals surface area (Å²) in [4.78, 5) is 16.2. The number of aliphatic imine (C=N–C) groups is 1. The Hall–Kier alpha value is -2.56. The summed E-state index contributed by atoms with van der Waals surface area (Å²) in [5.41, 5.74) is 1.25. The zero-order valence-electron chi connectivity index (χ0n) is 14.2. The smallest absolute Gasteiger partial charge is 0.250 e. The van der Waals surface area contributed by atoms with Crippen molar-refractivity contribution in [3.05, 3.63) is 70.6 Å². The molecule has 5 heteroatoms. The molecule has 1 aromatic carbocycles. The first-order valence-electron chi connectivity index (χ1n) is 8.51. The van der Waals surface area contributed by atoms with E-state index in [0.29, 0.717) is 6.54 Å². The molecule has 0 amide bonds. The van der Waals surface area contributed by atoms with Crippen molar-refractivity contribution in [2.24, 2.45) is 4.99 Å². The van der Waals surface area contributed by atoms with Gasteiger partial charge in [-0.05, 0) is 31.4 Å². The van der Waals surface area contributed by atoms with E-state index >= 15 is 0 Å². The van der Waals surface area contributed by atoms with Crippen molar-refractivity contribution in [3.63, 3.8) is 0 Å². The Balaban J connectivity index is 1.73. The second kappa shape index (κ2) is 10.3. The largest absolute Gasteiger partial charge is 0.357 e. The first kappa shape index (κ1) is 17.8. The molecular formula is C19H26N4O. The normalized spacial score (nSPS) is 11.3. The number of aryl methyl sites for hydroxylation is 1. The van der Waals surface area contributed by atoms with Crippen LogP contribution >= 0.6 is 0 Å². The van der Waals surface area contributed by atoms with E-state index in [1.165, 1.54) is 5.56 Å². The van der Waals surface area contributed by atoms with E-state index in [1.807, 2.05) is 30.5 Å². The number of aromatic nitrogens is 1. The Morgan fingerprint density at radius 2 is 1.83 bits per heavy atom. The summed E-state index contributed by atoms with van der Waals surface area (Å²) in [6, 6.07) is 15.5. The molecule has 0 bridgehead atoms. The summed E-state index contributed by atoms with van der Waals surface area (Å²) < 4.78 is 1.74. The molecule has 0 saturated heterocycles. The number of rotatable bonds is 8. The molecule has 0 fully saturated rings. The van der Waals surface area contributed by atoms with Gasteiger partial charge in [0.05, 0.1) is 6.54 Å². The number of nitrogens with one attached hydrogen (secondary N) is 2. The fourth-order valence-electron chi connectivity index (χ4n) is 2.35. The van der Waals surface area contributed by atoms with Crippen LogP contribution in [-0.4, -0.2) is 23.6 Å². The molecule has 0 atom stereocenters. The van der Waals surface area contributed by atoms with Crippen molar-refractivity contribution >= 4 is 5.96 Å². The van der Waals surface area contributed by atoms with Gasteiger partial charge in [0.25, 0.3) is 0 Å². The van der Waals surface area contributed by atoms with Gasteiger partial charge in [0.1, 0.15) is 0 Å². The Labute approximate surface area is 143 Å². The van der Waals surface area contributed by atoms with Gasteiger partial charge in [-0.3, -0.25) is 4.79 Å². The molecule has 0 aliphatic heterocycles. The molecule has 1 heterocycles. The van der Waals surface area contributed by atoms with E-state index in [0.717, 1.165) is 38.4 Å². The lowest BCUT2D eigenvalue weighted by Crippen LogP contribution is -2.37. The zero-order valence-corrected chi connectivity index (χ0v) is 14.2. The van der Waals surface area contributed by atoms with E-state index < -0.39 is 0 Å². The number of hydrogen-bond acceptors (Lipinski definition) is 2. The van der Waals surface area contributed by atoms with Gasteiger partial charge in [-0.2, -0.15) is 0 Å². The second-order valence-electron chi connectivity index (χ2n) is 5.55. The van der Waals surface area contributed by atoms with Crippen LogP contribution in [0.4, 0.5) is 0 Å². The lowest BCUT2D eigenvalue weighted by Gasteiger charge is -2.11. The van der Waals surface area contributed by atoms with Crippen molar-refractivity contribution < 1.29 is 0 Å². The number of hydrogen-bond donors (Lipinski definition) is 2. The third kappa shape index (κ3) is 6.28. The minimum atomic E-state index is 0.0585. The molecule has 2 rings (SSSR count). The van der Waals surface area contributed by atoms with Crippen LogP contribution in [0, 0.1) is 0 Å². The molecule has 2 N–H and O–H groups in total. The Bertz CT molecular complexity index is 679.